The average Bonchev–Trinajstić information content (AvgIpc) is 2.43. The van der Waals surface area contributed by atoms with Crippen LogP contribution in [0, 0.1) is 11.3 Å². The van der Waals surface area contributed by atoms with Crippen LogP contribution in [0.3, 0.4) is 0 Å². The Hall–Kier alpha value is -1.23. The van der Waals surface area contributed by atoms with Crippen molar-refractivity contribution in [1.82, 2.24) is 0 Å². The van der Waals surface area contributed by atoms with Gasteiger partial charge in [0.1, 0.15) is 11.4 Å². The number of esters is 1. The van der Waals surface area contributed by atoms with Crippen LogP contribution in [0.5, 0.6) is 0 Å². The molecule has 2 rings (SSSR count). The smallest absolute Gasteiger partial charge is 0.305 e. The average molecular weight is 296 g/mol. The van der Waals surface area contributed by atoms with Gasteiger partial charge in [0.25, 0.3) is 0 Å². The Kier molecular flexibility index (Phi) is 4.51. The zero-order chi connectivity index (χ0) is 15.7. The number of ketones is 2. The van der Waals surface area contributed by atoms with Gasteiger partial charge in [-0.3, -0.25) is 14.4 Å². The molecular formula is C16H24O5. The van der Waals surface area contributed by atoms with Crippen molar-refractivity contribution < 1.29 is 24.2 Å². The van der Waals surface area contributed by atoms with E-state index in [9.17, 15) is 19.5 Å². The fourth-order valence-electron chi connectivity index (χ4n) is 4.01. The highest BCUT2D eigenvalue weighted by Gasteiger charge is 2.63. The Bertz CT molecular complexity index is 458. The lowest BCUT2D eigenvalue weighted by atomic mass is 9.51. The Balaban J connectivity index is 2.19. The first-order valence-corrected chi connectivity index (χ1v) is 7.81. The molecule has 0 bridgehead atoms. The van der Waals surface area contributed by atoms with Crippen molar-refractivity contribution in [2.24, 2.45) is 11.3 Å². The summed E-state index contributed by atoms with van der Waals surface area (Å²) in [4.78, 5) is 36.2. The molecule has 118 valence electrons. The minimum Gasteiger partial charge on any atom is -0.466 e. The highest BCUT2D eigenvalue weighted by atomic mass is 16.5. The number of aliphatic hydroxyl groups is 1. The maximum atomic E-state index is 12.5. The SMILES string of the molecule is CCOC(=O)CCC1CCC(=O)[C@@]2(O)CCCC(=O)[C@@]12C. The monoisotopic (exact) mass is 296 g/mol. The summed E-state index contributed by atoms with van der Waals surface area (Å²) in [6.45, 7) is 3.80. The number of ether oxygens (including phenoxy) is 1. The second-order valence-corrected chi connectivity index (χ2v) is 6.34. The van der Waals surface area contributed by atoms with Gasteiger partial charge in [-0.15, -0.1) is 0 Å². The number of carbonyl (C=O) groups is 3. The molecule has 3 atom stereocenters. The van der Waals surface area contributed by atoms with Crippen molar-refractivity contribution in [3.05, 3.63) is 0 Å². The maximum Gasteiger partial charge on any atom is 0.305 e. The summed E-state index contributed by atoms with van der Waals surface area (Å²) in [5, 5.41) is 10.8. The molecule has 2 aliphatic carbocycles. The van der Waals surface area contributed by atoms with Crippen molar-refractivity contribution in [1.29, 1.82) is 0 Å². The number of Topliss-reactive ketones (excluding diaryl/α,β-unsaturated/α-hetero) is 2. The third-order valence-corrected chi connectivity index (χ3v) is 5.38. The van der Waals surface area contributed by atoms with Crippen LogP contribution in [0.4, 0.5) is 0 Å². The van der Waals surface area contributed by atoms with E-state index in [1.54, 1.807) is 13.8 Å². The Labute approximate surface area is 125 Å². The minimum atomic E-state index is -1.54. The zero-order valence-electron chi connectivity index (χ0n) is 12.8. The summed E-state index contributed by atoms with van der Waals surface area (Å²) in [7, 11) is 0. The standard InChI is InChI=1S/C16H24O5/c1-3-21-14(19)9-7-11-6-8-13(18)16(20)10-4-5-12(17)15(11,16)2/h11,20H,3-10H2,1-2H3/t11?,15-,16+/m1/s1. The van der Waals surface area contributed by atoms with Crippen molar-refractivity contribution >= 4 is 17.5 Å². The van der Waals surface area contributed by atoms with E-state index in [0.29, 0.717) is 38.7 Å². The molecule has 0 spiro atoms. The zero-order valence-corrected chi connectivity index (χ0v) is 12.8. The number of rotatable bonds is 4. The molecule has 0 aromatic carbocycles. The number of hydrogen-bond acceptors (Lipinski definition) is 5. The molecule has 1 N–H and O–H groups in total. The molecule has 5 nitrogen and oxygen atoms in total. The first-order valence-electron chi connectivity index (χ1n) is 7.81. The van der Waals surface area contributed by atoms with E-state index < -0.39 is 11.0 Å². The van der Waals surface area contributed by atoms with Gasteiger partial charge in [0, 0.05) is 19.3 Å². The summed E-state index contributed by atoms with van der Waals surface area (Å²) >= 11 is 0. The first-order chi connectivity index (χ1) is 9.86. The van der Waals surface area contributed by atoms with Gasteiger partial charge in [-0.2, -0.15) is 0 Å². The molecule has 2 aliphatic rings. The molecule has 0 saturated heterocycles. The lowest BCUT2D eigenvalue weighted by molar-refractivity contribution is -0.185. The summed E-state index contributed by atoms with van der Waals surface area (Å²) in [5.41, 5.74) is -2.59. The van der Waals surface area contributed by atoms with Gasteiger partial charge in [0.05, 0.1) is 12.0 Å². The number of fused-ring (bicyclic) bond motifs is 1. The van der Waals surface area contributed by atoms with E-state index >= 15 is 0 Å². The van der Waals surface area contributed by atoms with E-state index in [1.807, 2.05) is 0 Å². The van der Waals surface area contributed by atoms with E-state index in [2.05, 4.69) is 0 Å². The Morgan fingerprint density at radius 1 is 1.33 bits per heavy atom. The van der Waals surface area contributed by atoms with Gasteiger partial charge in [-0.25, -0.2) is 0 Å². The molecular weight excluding hydrogens is 272 g/mol. The van der Waals surface area contributed by atoms with Gasteiger partial charge in [0.2, 0.25) is 0 Å². The summed E-state index contributed by atoms with van der Waals surface area (Å²) in [5.74, 6) is -0.689. The lowest BCUT2D eigenvalue weighted by Crippen LogP contribution is -2.64. The van der Waals surface area contributed by atoms with Crippen molar-refractivity contribution in [3.63, 3.8) is 0 Å². The summed E-state index contributed by atoms with van der Waals surface area (Å²) in [6.07, 6.45) is 2.87. The predicted octanol–water partition coefficient (Wildman–Crippen LogP) is 1.80. The van der Waals surface area contributed by atoms with Crippen LogP contribution in [-0.2, 0) is 19.1 Å². The van der Waals surface area contributed by atoms with E-state index in [-0.39, 0.29) is 36.3 Å². The third-order valence-electron chi connectivity index (χ3n) is 5.38. The van der Waals surface area contributed by atoms with E-state index in [0.717, 1.165) is 0 Å². The van der Waals surface area contributed by atoms with Crippen LogP contribution < -0.4 is 0 Å². The van der Waals surface area contributed by atoms with Crippen LogP contribution in [0.2, 0.25) is 0 Å². The molecule has 0 aliphatic heterocycles. The van der Waals surface area contributed by atoms with Crippen molar-refractivity contribution in [2.75, 3.05) is 6.61 Å². The van der Waals surface area contributed by atoms with Gasteiger partial charge in [-0.1, -0.05) is 0 Å². The highest BCUT2D eigenvalue weighted by Crippen LogP contribution is 2.53. The second kappa shape index (κ2) is 5.87. The van der Waals surface area contributed by atoms with E-state index in [4.69, 9.17) is 4.74 Å². The van der Waals surface area contributed by atoms with Crippen molar-refractivity contribution in [3.8, 4) is 0 Å². The van der Waals surface area contributed by atoms with Crippen molar-refractivity contribution in [2.45, 2.75) is 64.4 Å². The lowest BCUT2D eigenvalue weighted by Gasteiger charge is -2.53. The predicted molar refractivity (Wildman–Crippen MR) is 75.5 cm³/mol. The third kappa shape index (κ3) is 2.52. The van der Waals surface area contributed by atoms with Crippen LogP contribution in [-0.4, -0.2) is 34.9 Å². The Morgan fingerprint density at radius 3 is 2.71 bits per heavy atom. The molecule has 0 amide bonds. The molecule has 1 unspecified atom stereocenters. The van der Waals surface area contributed by atoms with Gasteiger partial charge in [-0.05, 0) is 45.4 Å². The largest absolute Gasteiger partial charge is 0.466 e. The maximum absolute atomic E-state index is 12.5. The molecule has 0 aromatic heterocycles. The number of carbonyl (C=O) groups excluding carboxylic acids is 3. The van der Waals surface area contributed by atoms with Gasteiger partial charge >= 0.3 is 5.97 Å². The minimum absolute atomic E-state index is 0.0434. The number of hydrogen-bond donors (Lipinski definition) is 1. The molecule has 2 saturated carbocycles. The molecule has 0 radical (unpaired) electrons. The molecule has 0 heterocycles. The van der Waals surface area contributed by atoms with Crippen LogP contribution in [0.1, 0.15) is 58.8 Å². The first kappa shape index (κ1) is 16.1. The molecule has 5 heteroatoms. The fraction of sp³-hybridized carbons (Fsp3) is 0.812. The van der Waals surface area contributed by atoms with Crippen LogP contribution >= 0.6 is 0 Å². The van der Waals surface area contributed by atoms with Crippen LogP contribution in [0.25, 0.3) is 0 Å². The summed E-state index contributed by atoms with van der Waals surface area (Å²) in [6, 6.07) is 0. The molecule has 0 aromatic rings. The van der Waals surface area contributed by atoms with Crippen LogP contribution in [0.15, 0.2) is 0 Å². The molecule has 2 fully saturated rings. The topological polar surface area (TPSA) is 80.7 Å². The van der Waals surface area contributed by atoms with Gasteiger partial charge in [0.15, 0.2) is 5.78 Å². The molecule has 21 heavy (non-hydrogen) atoms. The van der Waals surface area contributed by atoms with Gasteiger partial charge < -0.3 is 9.84 Å². The normalized spacial score (nSPS) is 36.2. The van der Waals surface area contributed by atoms with E-state index in [1.165, 1.54) is 0 Å². The highest BCUT2D eigenvalue weighted by molar-refractivity contribution is 5.99. The second-order valence-electron chi connectivity index (χ2n) is 6.34. The fourth-order valence-corrected chi connectivity index (χ4v) is 4.01. The Morgan fingerprint density at radius 2 is 2.05 bits per heavy atom. The quantitative estimate of drug-likeness (QED) is 0.800. The summed E-state index contributed by atoms with van der Waals surface area (Å²) < 4.78 is 4.92.